The standard InChI is InChI=1S/C11H14BrN3O2/c1-14-5-4-8(7-14)13-11-6-9(15(16)17)2-3-10(11)12/h2-3,6,8,13H,4-5,7H2,1H3. The summed E-state index contributed by atoms with van der Waals surface area (Å²) in [7, 11) is 2.07. The molecule has 1 aromatic rings. The molecule has 1 atom stereocenters. The molecule has 1 N–H and O–H groups in total. The van der Waals surface area contributed by atoms with Crippen LogP contribution in [-0.2, 0) is 0 Å². The lowest BCUT2D eigenvalue weighted by atomic mass is 10.2. The number of likely N-dealkylation sites (N-methyl/N-ethyl adjacent to an activating group) is 1. The van der Waals surface area contributed by atoms with Gasteiger partial charge in [-0.25, -0.2) is 0 Å². The van der Waals surface area contributed by atoms with Gasteiger partial charge in [0.1, 0.15) is 0 Å². The Hall–Kier alpha value is -1.14. The van der Waals surface area contributed by atoms with Crippen molar-refractivity contribution in [3.63, 3.8) is 0 Å². The lowest BCUT2D eigenvalue weighted by Gasteiger charge is -2.15. The summed E-state index contributed by atoms with van der Waals surface area (Å²) in [5.74, 6) is 0. The highest BCUT2D eigenvalue weighted by atomic mass is 79.9. The zero-order chi connectivity index (χ0) is 12.4. The van der Waals surface area contributed by atoms with E-state index in [0.29, 0.717) is 6.04 Å². The Bertz CT molecular complexity index is 439. The van der Waals surface area contributed by atoms with Gasteiger partial charge in [0, 0.05) is 29.2 Å². The Kier molecular flexibility index (Phi) is 3.63. The second-order valence-electron chi connectivity index (χ2n) is 4.31. The van der Waals surface area contributed by atoms with E-state index < -0.39 is 0 Å². The van der Waals surface area contributed by atoms with Crippen molar-refractivity contribution in [3.05, 3.63) is 32.8 Å². The Labute approximate surface area is 108 Å². The van der Waals surface area contributed by atoms with E-state index in [1.54, 1.807) is 12.1 Å². The second-order valence-corrected chi connectivity index (χ2v) is 5.17. The maximum atomic E-state index is 10.7. The molecule has 5 nitrogen and oxygen atoms in total. The van der Waals surface area contributed by atoms with E-state index in [1.165, 1.54) is 6.07 Å². The third kappa shape index (κ3) is 2.95. The highest BCUT2D eigenvalue weighted by Gasteiger charge is 2.20. The Balaban J connectivity index is 2.14. The molecule has 0 aromatic heterocycles. The number of hydrogen-bond acceptors (Lipinski definition) is 4. The van der Waals surface area contributed by atoms with Gasteiger partial charge in [0.15, 0.2) is 0 Å². The van der Waals surface area contributed by atoms with Crippen LogP contribution in [0.15, 0.2) is 22.7 Å². The van der Waals surface area contributed by atoms with Gasteiger partial charge in [-0.3, -0.25) is 10.1 Å². The number of halogens is 1. The number of likely N-dealkylation sites (tertiary alicyclic amines) is 1. The van der Waals surface area contributed by atoms with Crippen LogP contribution in [0.5, 0.6) is 0 Å². The van der Waals surface area contributed by atoms with Crippen LogP contribution in [0, 0.1) is 10.1 Å². The van der Waals surface area contributed by atoms with E-state index in [2.05, 4.69) is 33.2 Å². The second kappa shape index (κ2) is 5.01. The molecule has 0 aliphatic carbocycles. The number of benzene rings is 1. The number of hydrogen-bond donors (Lipinski definition) is 1. The molecule has 1 aliphatic rings. The summed E-state index contributed by atoms with van der Waals surface area (Å²) >= 11 is 3.40. The van der Waals surface area contributed by atoms with Gasteiger partial charge in [-0.1, -0.05) is 0 Å². The topological polar surface area (TPSA) is 58.4 Å². The Morgan fingerprint density at radius 3 is 2.94 bits per heavy atom. The van der Waals surface area contributed by atoms with Crippen LogP contribution in [0.1, 0.15) is 6.42 Å². The summed E-state index contributed by atoms with van der Waals surface area (Å²) in [6.07, 6.45) is 1.06. The summed E-state index contributed by atoms with van der Waals surface area (Å²) in [5.41, 5.74) is 0.904. The summed E-state index contributed by atoms with van der Waals surface area (Å²) in [4.78, 5) is 12.6. The fourth-order valence-electron chi connectivity index (χ4n) is 2.01. The van der Waals surface area contributed by atoms with E-state index in [4.69, 9.17) is 0 Å². The SMILES string of the molecule is CN1CCC(Nc2cc([N+](=O)[O-])ccc2Br)C1. The Morgan fingerprint density at radius 1 is 1.59 bits per heavy atom. The first-order chi connectivity index (χ1) is 8.06. The van der Waals surface area contributed by atoms with Crippen molar-refractivity contribution in [2.75, 3.05) is 25.5 Å². The minimum atomic E-state index is -0.377. The quantitative estimate of drug-likeness (QED) is 0.688. The van der Waals surface area contributed by atoms with Crippen molar-refractivity contribution >= 4 is 27.3 Å². The molecule has 0 bridgehead atoms. The molecule has 1 saturated heterocycles. The highest BCUT2D eigenvalue weighted by Crippen LogP contribution is 2.28. The van der Waals surface area contributed by atoms with Crippen molar-refractivity contribution in [2.24, 2.45) is 0 Å². The van der Waals surface area contributed by atoms with Crippen LogP contribution < -0.4 is 5.32 Å². The van der Waals surface area contributed by atoms with Gasteiger partial charge in [-0.05, 0) is 42.0 Å². The largest absolute Gasteiger partial charge is 0.380 e. The van der Waals surface area contributed by atoms with Crippen molar-refractivity contribution in [1.29, 1.82) is 0 Å². The van der Waals surface area contributed by atoms with Crippen LogP contribution in [-0.4, -0.2) is 36.0 Å². The molecule has 0 spiro atoms. The molecule has 0 radical (unpaired) electrons. The highest BCUT2D eigenvalue weighted by molar-refractivity contribution is 9.10. The van der Waals surface area contributed by atoms with Gasteiger partial charge in [-0.15, -0.1) is 0 Å². The zero-order valence-corrected chi connectivity index (χ0v) is 11.1. The molecule has 6 heteroatoms. The van der Waals surface area contributed by atoms with Gasteiger partial charge >= 0.3 is 0 Å². The summed E-state index contributed by atoms with van der Waals surface area (Å²) in [5, 5.41) is 14.0. The number of rotatable bonds is 3. The predicted molar refractivity (Wildman–Crippen MR) is 70.3 cm³/mol. The first kappa shape index (κ1) is 12.3. The summed E-state index contributed by atoms with van der Waals surface area (Å²) < 4.78 is 0.859. The van der Waals surface area contributed by atoms with Crippen molar-refractivity contribution in [2.45, 2.75) is 12.5 Å². The van der Waals surface area contributed by atoms with E-state index >= 15 is 0 Å². The minimum Gasteiger partial charge on any atom is -0.380 e. The molecule has 1 aromatic carbocycles. The summed E-state index contributed by atoms with van der Waals surface area (Å²) in [6.45, 7) is 2.03. The van der Waals surface area contributed by atoms with Crippen LogP contribution in [0.25, 0.3) is 0 Å². The van der Waals surface area contributed by atoms with Gasteiger partial charge < -0.3 is 10.2 Å². The van der Waals surface area contributed by atoms with E-state index in [1.807, 2.05) is 0 Å². The number of nitro benzene ring substituents is 1. The molecule has 0 amide bonds. The van der Waals surface area contributed by atoms with Crippen molar-refractivity contribution in [1.82, 2.24) is 4.90 Å². The summed E-state index contributed by atoms with van der Waals surface area (Å²) in [6, 6.07) is 5.13. The average Bonchev–Trinajstić information content (AvgIpc) is 2.67. The van der Waals surface area contributed by atoms with E-state index in [0.717, 1.165) is 29.7 Å². The molecule has 2 rings (SSSR count). The number of nitrogens with one attached hydrogen (secondary N) is 1. The average molecular weight is 300 g/mol. The van der Waals surface area contributed by atoms with Crippen LogP contribution in [0.4, 0.5) is 11.4 Å². The van der Waals surface area contributed by atoms with Crippen LogP contribution in [0.2, 0.25) is 0 Å². The lowest BCUT2D eigenvalue weighted by molar-refractivity contribution is -0.384. The fourth-order valence-corrected chi connectivity index (χ4v) is 2.37. The maximum absolute atomic E-state index is 10.7. The van der Waals surface area contributed by atoms with E-state index in [9.17, 15) is 10.1 Å². The zero-order valence-electron chi connectivity index (χ0n) is 9.52. The normalized spacial score (nSPS) is 20.5. The third-order valence-electron chi connectivity index (χ3n) is 2.91. The molecule has 0 saturated carbocycles. The third-order valence-corrected chi connectivity index (χ3v) is 3.60. The number of nitrogens with zero attached hydrogens (tertiary/aromatic N) is 2. The molecule has 1 heterocycles. The van der Waals surface area contributed by atoms with Crippen molar-refractivity contribution < 1.29 is 4.92 Å². The van der Waals surface area contributed by atoms with Gasteiger partial charge in [0.05, 0.1) is 10.6 Å². The monoisotopic (exact) mass is 299 g/mol. The molecule has 92 valence electrons. The first-order valence-corrected chi connectivity index (χ1v) is 6.24. The van der Waals surface area contributed by atoms with Gasteiger partial charge in [0.25, 0.3) is 5.69 Å². The number of non-ortho nitro benzene ring substituents is 1. The van der Waals surface area contributed by atoms with Gasteiger partial charge in [0.2, 0.25) is 0 Å². The maximum Gasteiger partial charge on any atom is 0.271 e. The smallest absolute Gasteiger partial charge is 0.271 e. The molecular weight excluding hydrogens is 286 g/mol. The molecular formula is C11H14BrN3O2. The van der Waals surface area contributed by atoms with Crippen molar-refractivity contribution in [3.8, 4) is 0 Å². The van der Waals surface area contributed by atoms with Crippen LogP contribution in [0.3, 0.4) is 0 Å². The fraction of sp³-hybridized carbons (Fsp3) is 0.455. The van der Waals surface area contributed by atoms with E-state index in [-0.39, 0.29) is 10.6 Å². The predicted octanol–water partition coefficient (Wildman–Crippen LogP) is 2.47. The molecule has 1 fully saturated rings. The Morgan fingerprint density at radius 2 is 2.35 bits per heavy atom. The molecule has 1 unspecified atom stereocenters. The van der Waals surface area contributed by atoms with Gasteiger partial charge in [-0.2, -0.15) is 0 Å². The minimum absolute atomic E-state index is 0.113. The van der Waals surface area contributed by atoms with Crippen LogP contribution >= 0.6 is 15.9 Å². The lowest BCUT2D eigenvalue weighted by Crippen LogP contribution is -2.23. The number of anilines is 1. The first-order valence-electron chi connectivity index (χ1n) is 5.45. The molecule has 17 heavy (non-hydrogen) atoms. The number of nitro groups is 1. The molecule has 1 aliphatic heterocycles.